The smallest absolute Gasteiger partial charge is 0.319 e. The number of fused-ring (bicyclic) bond motifs is 1. The largest absolute Gasteiger partial charge is 0.543 e. The summed E-state index contributed by atoms with van der Waals surface area (Å²) in [4.78, 5) is 11.9. The fourth-order valence-corrected chi connectivity index (χ4v) is 9.70. The quantitative estimate of drug-likeness (QED) is 0.374. The molecule has 186 valence electrons. The first-order valence-electron chi connectivity index (χ1n) is 12.5. The summed E-state index contributed by atoms with van der Waals surface area (Å²) in [5, 5.41) is 18.9. The van der Waals surface area contributed by atoms with E-state index >= 15 is 0 Å². The molecule has 0 bridgehead atoms. The van der Waals surface area contributed by atoms with Crippen molar-refractivity contribution >= 4 is 35.6 Å². The van der Waals surface area contributed by atoms with E-state index < -0.39 is 14.3 Å². The van der Waals surface area contributed by atoms with E-state index in [-0.39, 0.29) is 17.0 Å². The molecule has 1 aliphatic heterocycles. The van der Waals surface area contributed by atoms with Crippen molar-refractivity contribution in [1.29, 1.82) is 0 Å². The summed E-state index contributed by atoms with van der Waals surface area (Å²) >= 11 is 0. The third-order valence-electron chi connectivity index (χ3n) is 6.99. The molecular formula is C29H31N2O4Si-. The average molecular weight is 500 g/mol. The van der Waals surface area contributed by atoms with E-state index in [0.717, 1.165) is 19.3 Å². The first-order valence-corrected chi connectivity index (χ1v) is 14.4. The molecule has 5 rings (SSSR count). The van der Waals surface area contributed by atoms with Crippen LogP contribution in [0.25, 0.3) is 10.9 Å². The summed E-state index contributed by atoms with van der Waals surface area (Å²) in [5.41, 5.74) is 0.604. The van der Waals surface area contributed by atoms with Gasteiger partial charge in [-0.15, -0.1) is 0 Å². The molecule has 3 aromatic carbocycles. The molecule has 7 heteroatoms. The van der Waals surface area contributed by atoms with E-state index in [9.17, 15) is 9.90 Å². The van der Waals surface area contributed by atoms with Crippen LogP contribution in [-0.2, 0) is 4.74 Å². The second-order valence-corrected chi connectivity index (χ2v) is 14.6. The van der Waals surface area contributed by atoms with Crippen molar-refractivity contribution in [3.8, 4) is 5.75 Å². The number of carboxylic acids is 1. The molecule has 6 nitrogen and oxygen atoms in total. The van der Waals surface area contributed by atoms with Gasteiger partial charge in [0.15, 0.2) is 6.23 Å². The van der Waals surface area contributed by atoms with Crippen molar-refractivity contribution in [3.63, 3.8) is 0 Å². The summed E-state index contributed by atoms with van der Waals surface area (Å²) in [7, 11) is -2.84. The molecule has 0 amide bonds. The highest BCUT2D eigenvalue weighted by Crippen LogP contribution is 2.39. The highest BCUT2D eigenvalue weighted by Gasteiger charge is 2.52. The Morgan fingerprint density at radius 3 is 2.17 bits per heavy atom. The predicted molar refractivity (Wildman–Crippen MR) is 141 cm³/mol. The van der Waals surface area contributed by atoms with Crippen LogP contribution >= 0.6 is 0 Å². The minimum Gasteiger partial charge on any atom is -0.543 e. The van der Waals surface area contributed by atoms with Crippen LogP contribution in [0.2, 0.25) is 5.04 Å². The van der Waals surface area contributed by atoms with Gasteiger partial charge in [-0.05, 0) is 46.8 Å². The van der Waals surface area contributed by atoms with Crippen LogP contribution in [0, 0.1) is 0 Å². The van der Waals surface area contributed by atoms with Gasteiger partial charge in [0, 0.05) is 18.1 Å². The highest BCUT2D eigenvalue weighted by molar-refractivity contribution is 7.00. The Morgan fingerprint density at radius 2 is 1.64 bits per heavy atom. The number of carbonyl (C=O) groups is 1. The van der Waals surface area contributed by atoms with Gasteiger partial charge in [0.2, 0.25) is 0 Å². The fourth-order valence-electron chi connectivity index (χ4n) is 5.29. The van der Waals surface area contributed by atoms with Crippen molar-refractivity contribution in [2.75, 3.05) is 6.61 Å². The Balaban J connectivity index is 1.69. The zero-order valence-electron chi connectivity index (χ0n) is 20.9. The van der Waals surface area contributed by atoms with E-state index in [1.807, 2.05) is 24.3 Å². The maximum absolute atomic E-state index is 11.9. The summed E-state index contributed by atoms with van der Waals surface area (Å²) in [6.45, 7) is 7.31. The van der Waals surface area contributed by atoms with Crippen molar-refractivity contribution < 1.29 is 19.1 Å². The number of rotatable bonds is 6. The Morgan fingerprint density at radius 1 is 1.00 bits per heavy atom. The van der Waals surface area contributed by atoms with Crippen molar-refractivity contribution in [1.82, 2.24) is 9.78 Å². The molecule has 2 heterocycles. The number of hydrogen-bond donors (Lipinski definition) is 0. The Bertz CT molecular complexity index is 1320. The van der Waals surface area contributed by atoms with Gasteiger partial charge in [0.05, 0.1) is 11.5 Å². The molecule has 36 heavy (non-hydrogen) atoms. The molecule has 0 radical (unpaired) electrons. The van der Waals surface area contributed by atoms with Crippen LogP contribution in [-0.4, -0.2) is 30.7 Å². The van der Waals surface area contributed by atoms with E-state index in [1.54, 1.807) is 10.7 Å². The van der Waals surface area contributed by atoms with Crippen molar-refractivity contribution in [3.05, 3.63) is 84.6 Å². The zero-order valence-corrected chi connectivity index (χ0v) is 21.9. The lowest BCUT2D eigenvalue weighted by Gasteiger charge is -2.43. The zero-order chi connectivity index (χ0) is 25.3. The molecule has 0 spiro atoms. The maximum atomic E-state index is 11.9. The summed E-state index contributed by atoms with van der Waals surface area (Å²) in [6.07, 6.45) is 2.47. The molecule has 1 fully saturated rings. The monoisotopic (exact) mass is 499 g/mol. The Kier molecular flexibility index (Phi) is 6.45. The summed E-state index contributed by atoms with van der Waals surface area (Å²) < 4.78 is 14.8. The van der Waals surface area contributed by atoms with Crippen LogP contribution in [0.1, 0.15) is 56.8 Å². The van der Waals surface area contributed by atoms with Gasteiger partial charge < -0.3 is 19.1 Å². The SMILES string of the molecule is CC(C)(C)[Si](Oc1ccc2c(C(=O)[O-])nn(C3CCCCO3)c2c1)(c1ccccc1)c1ccccc1. The number of hydrogen-bond acceptors (Lipinski definition) is 5. The lowest BCUT2D eigenvalue weighted by atomic mass is 10.1. The van der Waals surface area contributed by atoms with Crippen molar-refractivity contribution in [2.24, 2.45) is 0 Å². The highest BCUT2D eigenvalue weighted by atomic mass is 28.4. The number of aromatic nitrogens is 2. The van der Waals surface area contributed by atoms with Crippen LogP contribution in [0.4, 0.5) is 0 Å². The number of benzene rings is 3. The molecule has 1 saturated heterocycles. The lowest BCUT2D eigenvalue weighted by molar-refractivity contribution is -0.255. The topological polar surface area (TPSA) is 76.4 Å². The van der Waals surface area contributed by atoms with E-state index in [4.69, 9.17) is 9.16 Å². The first-order chi connectivity index (χ1) is 17.3. The van der Waals surface area contributed by atoms with E-state index in [0.29, 0.717) is 23.3 Å². The Hall–Kier alpha value is -3.42. The average Bonchev–Trinajstić information content (AvgIpc) is 3.27. The van der Waals surface area contributed by atoms with Gasteiger partial charge in [0.25, 0.3) is 0 Å². The Labute approximate surface area is 212 Å². The standard InChI is InChI=1S/C29H32N2O4Si/c1-29(2,3)36(22-12-6-4-7-13-22,23-14-8-5-9-15-23)35-21-17-18-24-25(20-21)31(30-27(24)28(32)33)26-16-10-11-19-34-26/h4-9,12-15,17-18,20,26H,10-11,16,19H2,1-3H3,(H,32,33)/p-1. The number of carboxylic acid groups (broad SMARTS) is 1. The van der Waals surface area contributed by atoms with E-state index in [1.165, 1.54) is 10.4 Å². The molecule has 4 aromatic rings. The molecule has 1 atom stereocenters. The van der Waals surface area contributed by atoms with Gasteiger partial charge in [-0.3, -0.25) is 0 Å². The number of ether oxygens (including phenoxy) is 1. The molecule has 1 aromatic heterocycles. The molecule has 0 saturated carbocycles. The van der Waals surface area contributed by atoms with Gasteiger partial charge in [-0.2, -0.15) is 5.10 Å². The molecular weight excluding hydrogens is 468 g/mol. The molecule has 1 aliphatic rings. The number of aromatic carboxylic acids is 1. The summed E-state index contributed by atoms with van der Waals surface area (Å²) in [5.74, 6) is -0.617. The van der Waals surface area contributed by atoms with Gasteiger partial charge in [-0.25, -0.2) is 4.68 Å². The first kappa shape index (κ1) is 24.3. The minimum atomic E-state index is -2.84. The maximum Gasteiger partial charge on any atom is 0.319 e. The summed E-state index contributed by atoms with van der Waals surface area (Å²) in [6, 6.07) is 26.4. The van der Waals surface area contributed by atoms with Crippen LogP contribution in [0.3, 0.4) is 0 Å². The molecule has 0 aliphatic carbocycles. The molecule has 0 N–H and O–H groups in total. The lowest BCUT2D eigenvalue weighted by Crippen LogP contribution is -2.68. The van der Waals surface area contributed by atoms with Gasteiger partial charge in [-0.1, -0.05) is 81.4 Å². The second-order valence-electron chi connectivity index (χ2n) is 10.3. The molecule has 1 unspecified atom stereocenters. The van der Waals surface area contributed by atoms with Gasteiger partial charge >= 0.3 is 8.32 Å². The normalized spacial score (nSPS) is 16.7. The fraction of sp³-hybridized carbons (Fsp3) is 0.310. The minimum absolute atomic E-state index is 0.0730. The number of nitrogens with zero attached hydrogens (tertiary/aromatic N) is 2. The number of carbonyl (C=O) groups excluding carboxylic acids is 1. The van der Waals surface area contributed by atoms with Crippen LogP contribution in [0.15, 0.2) is 78.9 Å². The predicted octanol–water partition coefficient (Wildman–Crippen LogP) is 4.04. The van der Waals surface area contributed by atoms with Gasteiger partial charge in [0.1, 0.15) is 11.4 Å². The third kappa shape index (κ3) is 4.22. The van der Waals surface area contributed by atoms with Crippen molar-refractivity contribution in [2.45, 2.75) is 51.3 Å². The second kappa shape index (κ2) is 9.56. The van der Waals surface area contributed by atoms with Crippen LogP contribution < -0.4 is 19.9 Å². The van der Waals surface area contributed by atoms with Crippen LogP contribution in [0.5, 0.6) is 5.75 Å². The van der Waals surface area contributed by atoms with E-state index in [2.05, 4.69) is 74.4 Å². The third-order valence-corrected chi connectivity index (χ3v) is 11.9.